The van der Waals surface area contributed by atoms with Gasteiger partial charge in [0.15, 0.2) is 0 Å². The number of carbonyl (C=O) groups excluding carboxylic acids is 1. The van der Waals surface area contributed by atoms with E-state index in [0.717, 1.165) is 11.3 Å². The van der Waals surface area contributed by atoms with E-state index in [9.17, 15) is 9.59 Å². The van der Waals surface area contributed by atoms with Gasteiger partial charge in [0, 0.05) is 11.6 Å². The van der Waals surface area contributed by atoms with Gasteiger partial charge in [0.1, 0.15) is 17.9 Å². The minimum absolute atomic E-state index is 0.302. The fourth-order valence-electron chi connectivity index (χ4n) is 2.74. The maximum absolute atomic E-state index is 12.7. The first-order chi connectivity index (χ1) is 13.5. The molecule has 2 aromatic carbocycles. The Morgan fingerprint density at radius 2 is 1.64 bits per heavy atom. The predicted molar refractivity (Wildman–Crippen MR) is 108 cm³/mol. The lowest BCUT2D eigenvalue weighted by Gasteiger charge is -2.25. The van der Waals surface area contributed by atoms with Gasteiger partial charge < -0.3 is 10.1 Å². The zero-order chi connectivity index (χ0) is 20.0. The van der Waals surface area contributed by atoms with Crippen molar-refractivity contribution >= 4 is 5.91 Å². The molecule has 0 atom stereocenters. The number of nitrogens with zero attached hydrogens (tertiary/aromatic N) is 2. The van der Waals surface area contributed by atoms with Crippen LogP contribution >= 0.6 is 0 Å². The lowest BCUT2D eigenvalue weighted by atomic mass is 10.0. The Labute approximate surface area is 163 Å². The summed E-state index contributed by atoms with van der Waals surface area (Å²) in [5.74, 6) is 0.438. The monoisotopic (exact) mass is 377 g/mol. The van der Waals surface area contributed by atoms with E-state index in [-0.39, 0.29) is 11.5 Å². The van der Waals surface area contributed by atoms with Crippen LogP contribution in [0.15, 0.2) is 77.6 Å². The van der Waals surface area contributed by atoms with Crippen molar-refractivity contribution in [3.63, 3.8) is 0 Å². The number of benzene rings is 2. The molecule has 1 aromatic heterocycles. The molecule has 1 amide bonds. The molecule has 0 saturated carbocycles. The molecule has 0 aliphatic heterocycles. The van der Waals surface area contributed by atoms with Crippen LogP contribution in [0.5, 0.6) is 5.75 Å². The van der Waals surface area contributed by atoms with Crippen LogP contribution in [0.25, 0.3) is 11.3 Å². The third-order valence-corrected chi connectivity index (χ3v) is 4.35. The smallest absolute Gasteiger partial charge is 0.267 e. The number of rotatable bonds is 7. The van der Waals surface area contributed by atoms with Gasteiger partial charge in [-0.1, -0.05) is 48.5 Å². The number of hydrogen-bond donors (Lipinski definition) is 1. The van der Waals surface area contributed by atoms with Crippen molar-refractivity contribution in [3.05, 3.63) is 83.2 Å². The highest BCUT2D eigenvalue weighted by Crippen LogP contribution is 2.17. The summed E-state index contributed by atoms with van der Waals surface area (Å²) in [5, 5.41) is 7.24. The van der Waals surface area contributed by atoms with Crippen molar-refractivity contribution < 1.29 is 9.53 Å². The molecule has 144 valence electrons. The van der Waals surface area contributed by atoms with E-state index in [1.165, 1.54) is 10.7 Å². The van der Waals surface area contributed by atoms with Crippen LogP contribution in [-0.4, -0.2) is 28.8 Å². The Morgan fingerprint density at radius 3 is 2.32 bits per heavy atom. The molecule has 0 aliphatic carbocycles. The second-order valence-electron chi connectivity index (χ2n) is 6.81. The molecule has 1 heterocycles. The second-order valence-corrected chi connectivity index (χ2v) is 6.81. The molecule has 0 aliphatic rings. The summed E-state index contributed by atoms with van der Waals surface area (Å²) in [4.78, 5) is 25.1. The average Bonchev–Trinajstić information content (AvgIpc) is 2.72. The number of hydrogen-bond acceptors (Lipinski definition) is 4. The van der Waals surface area contributed by atoms with Crippen LogP contribution in [0.4, 0.5) is 0 Å². The van der Waals surface area contributed by atoms with E-state index in [2.05, 4.69) is 10.4 Å². The topological polar surface area (TPSA) is 73.2 Å². The number of para-hydroxylation sites is 1. The van der Waals surface area contributed by atoms with E-state index < -0.39 is 5.54 Å². The Hall–Kier alpha value is -3.41. The Balaban J connectivity index is 1.69. The highest BCUT2D eigenvalue weighted by atomic mass is 16.5. The molecular weight excluding hydrogens is 354 g/mol. The summed E-state index contributed by atoms with van der Waals surface area (Å²) in [6.07, 6.45) is 0. The van der Waals surface area contributed by atoms with Crippen LogP contribution in [-0.2, 0) is 10.3 Å². The zero-order valence-electron chi connectivity index (χ0n) is 16.0. The van der Waals surface area contributed by atoms with E-state index in [1.54, 1.807) is 19.9 Å². The Morgan fingerprint density at radius 1 is 1.00 bits per heavy atom. The minimum Gasteiger partial charge on any atom is -0.492 e. The van der Waals surface area contributed by atoms with Gasteiger partial charge in [-0.15, -0.1) is 0 Å². The zero-order valence-corrected chi connectivity index (χ0v) is 16.0. The third-order valence-electron chi connectivity index (χ3n) is 4.35. The fourth-order valence-corrected chi connectivity index (χ4v) is 2.74. The van der Waals surface area contributed by atoms with Gasteiger partial charge in [-0.25, -0.2) is 4.68 Å². The predicted octanol–water partition coefficient (Wildman–Crippen LogP) is 2.84. The summed E-state index contributed by atoms with van der Waals surface area (Å²) in [6, 6.07) is 22.0. The van der Waals surface area contributed by atoms with Crippen LogP contribution in [0.1, 0.15) is 13.8 Å². The first-order valence-corrected chi connectivity index (χ1v) is 9.11. The molecule has 3 rings (SSSR count). The van der Waals surface area contributed by atoms with Crippen LogP contribution in [0, 0.1) is 0 Å². The molecular formula is C22H23N3O3. The Bertz CT molecular complexity index is 983. The maximum atomic E-state index is 12.7. The quantitative estimate of drug-likeness (QED) is 0.643. The number of carbonyl (C=O) groups is 1. The van der Waals surface area contributed by atoms with Crippen molar-refractivity contribution in [2.45, 2.75) is 19.4 Å². The normalized spacial score (nSPS) is 11.1. The van der Waals surface area contributed by atoms with Crippen molar-refractivity contribution in [2.75, 3.05) is 13.2 Å². The van der Waals surface area contributed by atoms with E-state index in [4.69, 9.17) is 4.74 Å². The van der Waals surface area contributed by atoms with Crippen molar-refractivity contribution in [3.8, 4) is 17.0 Å². The highest BCUT2D eigenvalue weighted by Gasteiger charge is 2.32. The first-order valence-electron chi connectivity index (χ1n) is 9.11. The van der Waals surface area contributed by atoms with Gasteiger partial charge in [0.2, 0.25) is 5.91 Å². The summed E-state index contributed by atoms with van der Waals surface area (Å²) in [5.41, 5.74) is 0.0341. The van der Waals surface area contributed by atoms with Gasteiger partial charge in [0.25, 0.3) is 5.56 Å². The van der Waals surface area contributed by atoms with Gasteiger partial charge in [-0.3, -0.25) is 9.59 Å². The van der Waals surface area contributed by atoms with Gasteiger partial charge in [0.05, 0.1) is 12.2 Å². The van der Waals surface area contributed by atoms with E-state index in [1.807, 2.05) is 60.7 Å². The molecule has 0 spiro atoms. The average molecular weight is 377 g/mol. The SMILES string of the molecule is CC(C)(C(=O)NCCOc1ccccc1)n1nc(-c2ccccc2)ccc1=O. The molecule has 1 N–H and O–H groups in total. The summed E-state index contributed by atoms with van der Waals surface area (Å²) < 4.78 is 6.80. The highest BCUT2D eigenvalue weighted by molar-refractivity contribution is 5.83. The molecule has 0 radical (unpaired) electrons. The van der Waals surface area contributed by atoms with Crippen LogP contribution < -0.4 is 15.6 Å². The summed E-state index contributed by atoms with van der Waals surface area (Å²) >= 11 is 0. The van der Waals surface area contributed by atoms with Gasteiger partial charge in [-0.2, -0.15) is 5.10 Å². The number of aromatic nitrogens is 2. The van der Waals surface area contributed by atoms with Crippen LogP contribution in [0.2, 0.25) is 0 Å². The maximum Gasteiger partial charge on any atom is 0.267 e. The largest absolute Gasteiger partial charge is 0.492 e. The summed E-state index contributed by atoms with van der Waals surface area (Å²) in [6.45, 7) is 4.00. The lowest BCUT2D eigenvalue weighted by molar-refractivity contribution is -0.129. The molecule has 0 saturated heterocycles. The molecule has 28 heavy (non-hydrogen) atoms. The summed E-state index contributed by atoms with van der Waals surface area (Å²) in [7, 11) is 0. The standard InChI is InChI=1S/C22H23N3O3/c1-22(2,21(27)23-15-16-28-18-11-7-4-8-12-18)25-20(26)14-13-19(24-25)17-9-5-3-6-10-17/h3-14H,15-16H2,1-2H3,(H,23,27). The van der Waals surface area contributed by atoms with Crippen molar-refractivity contribution in [1.29, 1.82) is 0 Å². The first kappa shape index (κ1) is 19.4. The fraction of sp³-hybridized carbons (Fsp3) is 0.227. The van der Waals surface area contributed by atoms with E-state index in [0.29, 0.717) is 18.8 Å². The van der Waals surface area contributed by atoms with Crippen molar-refractivity contribution in [1.82, 2.24) is 15.1 Å². The van der Waals surface area contributed by atoms with Crippen LogP contribution in [0.3, 0.4) is 0 Å². The molecule has 0 unspecified atom stereocenters. The molecule has 0 bridgehead atoms. The van der Waals surface area contributed by atoms with Gasteiger partial charge in [-0.05, 0) is 32.0 Å². The Kier molecular flexibility index (Phi) is 5.89. The molecule has 0 fully saturated rings. The second kappa shape index (κ2) is 8.52. The van der Waals surface area contributed by atoms with Crippen molar-refractivity contribution in [2.24, 2.45) is 0 Å². The third kappa shape index (κ3) is 4.46. The lowest BCUT2D eigenvalue weighted by Crippen LogP contribution is -2.50. The molecule has 6 nitrogen and oxygen atoms in total. The molecule has 6 heteroatoms. The number of amides is 1. The van der Waals surface area contributed by atoms with E-state index >= 15 is 0 Å². The molecule has 3 aromatic rings. The van der Waals surface area contributed by atoms with Gasteiger partial charge >= 0.3 is 0 Å². The number of nitrogens with one attached hydrogen (secondary N) is 1. The minimum atomic E-state index is -1.14. The number of ether oxygens (including phenoxy) is 1.